The van der Waals surface area contributed by atoms with Crippen molar-refractivity contribution in [1.82, 2.24) is 31.2 Å². The van der Waals surface area contributed by atoms with Crippen LogP contribution in [-0.2, 0) is 32.0 Å². The lowest BCUT2D eigenvalue weighted by molar-refractivity contribution is -0.142. The number of guanidine groups is 1. The van der Waals surface area contributed by atoms with Crippen molar-refractivity contribution in [1.29, 1.82) is 0 Å². The van der Waals surface area contributed by atoms with Gasteiger partial charge in [0.25, 0.3) is 0 Å². The number of aromatic nitrogens is 2. The molecule has 2 aromatic rings. The summed E-state index contributed by atoms with van der Waals surface area (Å²) in [5.74, 6) is -3.07. The molecule has 1 aromatic heterocycles. The van der Waals surface area contributed by atoms with Gasteiger partial charge in [0.05, 0.1) is 12.4 Å². The van der Waals surface area contributed by atoms with E-state index in [1.165, 1.54) is 24.7 Å². The quantitative estimate of drug-likeness (QED) is 0.0662. The predicted octanol–water partition coefficient (Wildman–Crippen LogP) is -1.75. The molecule has 0 spiro atoms. The van der Waals surface area contributed by atoms with Gasteiger partial charge in [-0.2, -0.15) is 0 Å². The van der Waals surface area contributed by atoms with Crippen LogP contribution in [-0.4, -0.2) is 87.1 Å². The average molecular weight is 572 g/mol. The first-order valence-electron chi connectivity index (χ1n) is 13.3. The number of benzene rings is 1. The number of hydrogen-bond donors (Lipinski definition) is 9. The Morgan fingerprint density at radius 3 is 2.34 bits per heavy atom. The number of phenolic OH excluding ortho intramolecular Hbond substituents is 1. The van der Waals surface area contributed by atoms with Gasteiger partial charge in [-0.25, -0.2) is 9.78 Å². The van der Waals surface area contributed by atoms with Crippen molar-refractivity contribution >= 4 is 29.7 Å². The number of carboxylic acid groups (broad SMARTS) is 1. The fourth-order valence-corrected chi connectivity index (χ4v) is 4.39. The number of aliphatic imine (C=N–C) groups is 1. The lowest BCUT2D eigenvalue weighted by Crippen LogP contribution is -2.57. The number of phenols is 1. The van der Waals surface area contributed by atoms with Crippen LogP contribution in [0.25, 0.3) is 0 Å². The highest BCUT2D eigenvalue weighted by Gasteiger charge is 2.31. The zero-order valence-electron chi connectivity index (χ0n) is 22.5. The topological polar surface area (TPSA) is 250 Å². The van der Waals surface area contributed by atoms with Gasteiger partial charge in [-0.15, -0.1) is 0 Å². The number of H-pyrrole nitrogens is 1. The van der Waals surface area contributed by atoms with Gasteiger partial charge in [0.15, 0.2) is 5.96 Å². The number of nitrogens with two attached hydrogens (primary N) is 2. The number of aromatic hydroxyl groups is 1. The van der Waals surface area contributed by atoms with Gasteiger partial charge in [-0.05, 0) is 49.9 Å². The van der Waals surface area contributed by atoms with Gasteiger partial charge in [-0.1, -0.05) is 12.1 Å². The molecule has 0 radical (unpaired) electrons. The number of carbonyl (C=O) groups is 4. The molecule has 0 aliphatic carbocycles. The average Bonchev–Trinajstić information content (AvgIpc) is 3.65. The number of carboxylic acids is 1. The van der Waals surface area contributed by atoms with Crippen LogP contribution in [0.2, 0.25) is 0 Å². The molecule has 41 heavy (non-hydrogen) atoms. The summed E-state index contributed by atoms with van der Waals surface area (Å²) in [4.78, 5) is 62.3. The summed E-state index contributed by atoms with van der Waals surface area (Å²) in [6, 6.07) is 2.01. The summed E-state index contributed by atoms with van der Waals surface area (Å²) in [5, 5.41) is 30.3. The van der Waals surface area contributed by atoms with Gasteiger partial charge in [0.1, 0.15) is 23.9 Å². The fraction of sp³-hybridized carbons (Fsp3) is 0.462. The van der Waals surface area contributed by atoms with E-state index in [1.807, 2.05) is 0 Å². The number of aliphatic carboxylic acids is 1. The first-order valence-corrected chi connectivity index (χ1v) is 13.3. The van der Waals surface area contributed by atoms with E-state index < -0.39 is 42.0 Å². The van der Waals surface area contributed by atoms with Gasteiger partial charge in [0.2, 0.25) is 17.7 Å². The molecule has 1 saturated heterocycles. The van der Waals surface area contributed by atoms with E-state index in [-0.39, 0.29) is 43.4 Å². The highest BCUT2D eigenvalue weighted by molar-refractivity contribution is 5.94. The number of carbonyl (C=O) groups excluding carboxylic acids is 3. The highest BCUT2D eigenvalue weighted by atomic mass is 16.4. The van der Waals surface area contributed by atoms with Crippen LogP contribution < -0.4 is 32.7 Å². The molecular weight excluding hydrogens is 534 g/mol. The van der Waals surface area contributed by atoms with Crippen molar-refractivity contribution in [2.24, 2.45) is 16.5 Å². The number of nitrogens with zero attached hydrogens (tertiary/aromatic N) is 2. The zero-order chi connectivity index (χ0) is 29.8. The molecule has 4 atom stereocenters. The second-order valence-electron chi connectivity index (χ2n) is 9.77. The van der Waals surface area contributed by atoms with Gasteiger partial charge in [0, 0.05) is 31.3 Å². The Balaban J connectivity index is 1.75. The summed E-state index contributed by atoms with van der Waals surface area (Å²) >= 11 is 0. The Morgan fingerprint density at radius 2 is 1.73 bits per heavy atom. The van der Waals surface area contributed by atoms with E-state index in [9.17, 15) is 29.4 Å². The van der Waals surface area contributed by atoms with Crippen LogP contribution in [0, 0.1) is 0 Å². The first kappa shape index (κ1) is 30.9. The van der Waals surface area contributed by atoms with Crippen LogP contribution in [0.5, 0.6) is 5.75 Å². The van der Waals surface area contributed by atoms with Crippen molar-refractivity contribution in [3.63, 3.8) is 0 Å². The van der Waals surface area contributed by atoms with Crippen LogP contribution in [0.1, 0.15) is 36.9 Å². The lowest BCUT2D eigenvalue weighted by Gasteiger charge is -2.25. The molecule has 4 unspecified atom stereocenters. The van der Waals surface area contributed by atoms with E-state index in [0.29, 0.717) is 30.6 Å². The molecule has 222 valence electrons. The Bertz CT molecular complexity index is 1190. The second-order valence-corrected chi connectivity index (χ2v) is 9.77. The molecule has 3 rings (SSSR count). The van der Waals surface area contributed by atoms with E-state index in [0.717, 1.165) is 6.42 Å². The maximum absolute atomic E-state index is 13.5. The minimum absolute atomic E-state index is 0.0219. The third-order valence-corrected chi connectivity index (χ3v) is 6.56. The Hall–Kier alpha value is -4.66. The third-order valence-electron chi connectivity index (χ3n) is 6.56. The van der Waals surface area contributed by atoms with Crippen LogP contribution in [0.15, 0.2) is 41.8 Å². The smallest absolute Gasteiger partial charge is 0.326 e. The molecule has 1 fully saturated rings. The largest absolute Gasteiger partial charge is 0.508 e. The molecule has 1 aliphatic rings. The zero-order valence-corrected chi connectivity index (χ0v) is 22.5. The first-order chi connectivity index (χ1) is 19.6. The molecule has 2 heterocycles. The predicted molar refractivity (Wildman–Crippen MR) is 148 cm³/mol. The van der Waals surface area contributed by atoms with E-state index >= 15 is 0 Å². The van der Waals surface area contributed by atoms with Gasteiger partial charge in [-0.3, -0.25) is 19.4 Å². The molecule has 15 nitrogen and oxygen atoms in total. The summed E-state index contributed by atoms with van der Waals surface area (Å²) < 4.78 is 0. The second kappa shape index (κ2) is 15.2. The molecule has 11 N–H and O–H groups in total. The standard InChI is InChI=1S/C26H37N9O6/c27-26(28)31-10-2-4-19(23(38)35-21(25(40)41)11-15-5-7-17(36)8-6-15)33-24(39)20(12-16-13-29-14-32-16)34-22(37)18-3-1-9-30-18/h5-8,13-14,18-21,30,36H,1-4,9-12H2,(H,29,32)(H,33,39)(H,34,37)(H,35,38)(H,40,41)(H4,27,28,31). The third kappa shape index (κ3) is 10.1. The molecule has 3 amide bonds. The normalized spacial score (nSPS) is 16.6. The van der Waals surface area contributed by atoms with Gasteiger partial charge >= 0.3 is 5.97 Å². The lowest BCUT2D eigenvalue weighted by atomic mass is 10.0. The van der Waals surface area contributed by atoms with Crippen molar-refractivity contribution in [2.45, 2.75) is 62.7 Å². The fourth-order valence-electron chi connectivity index (χ4n) is 4.39. The van der Waals surface area contributed by atoms with Crippen LogP contribution in [0.3, 0.4) is 0 Å². The van der Waals surface area contributed by atoms with E-state index in [2.05, 4.69) is 36.2 Å². The summed E-state index contributed by atoms with van der Waals surface area (Å²) in [5.41, 5.74) is 11.9. The Morgan fingerprint density at radius 1 is 1.02 bits per heavy atom. The molecule has 0 bridgehead atoms. The maximum Gasteiger partial charge on any atom is 0.326 e. The number of nitrogens with one attached hydrogen (secondary N) is 5. The van der Waals surface area contributed by atoms with Crippen molar-refractivity contribution in [2.75, 3.05) is 13.1 Å². The monoisotopic (exact) mass is 571 g/mol. The summed E-state index contributed by atoms with van der Waals surface area (Å²) in [6.45, 7) is 0.877. The van der Waals surface area contributed by atoms with Crippen molar-refractivity contribution in [3.05, 3.63) is 48.0 Å². The minimum Gasteiger partial charge on any atom is -0.508 e. The summed E-state index contributed by atoms with van der Waals surface area (Å²) in [7, 11) is 0. The van der Waals surface area contributed by atoms with E-state index in [1.54, 1.807) is 12.1 Å². The van der Waals surface area contributed by atoms with Crippen molar-refractivity contribution in [3.8, 4) is 5.75 Å². The summed E-state index contributed by atoms with van der Waals surface area (Å²) in [6.07, 6.45) is 4.88. The molecule has 1 aliphatic heterocycles. The molecular formula is C26H37N9O6. The number of rotatable bonds is 15. The number of hydrogen-bond acceptors (Lipinski definition) is 8. The minimum atomic E-state index is -1.31. The van der Waals surface area contributed by atoms with Gasteiger partial charge < -0.3 is 47.9 Å². The number of amides is 3. The molecule has 0 saturated carbocycles. The SMILES string of the molecule is NC(N)=NCCCC(NC(=O)C(Cc1cnc[nH]1)NC(=O)C1CCCN1)C(=O)NC(Cc1ccc(O)cc1)C(=O)O. The van der Waals surface area contributed by atoms with E-state index in [4.69, 9.17) is 11.5 Å². The Labute approximate surface area is 236 Å². The molecule has 15 heteroatoms. The Kier molecular flexibility index (Phi) is 11.5. The number of aromatic amines is 1. The highest BCUT2D eigenvalue weighted by Crippen LogP contribution is 2.12. The van der Waals surface area contributed by atoms with Crippen LogP contribution >= 0.6 is 0 Å². The van der Waals surface area contributed by atoms with Crippen molar-refractivity contribution < 1.29 is 29.4 Å². The number of imidazole rings is 1. The van der Waals surface area contributed by atoms with Crippen LogP contribution in [0.4, 0.5) is 0 Å². The maximum atomic E-state index is 13.5. The molecule has 1 aromatic carbocycles.